The summed E-state index contributed by atoms with van der Waals surface area (Å²) < 4.78 is 11.7. The van der Waals surface area contributed by atoms with E-state index in [4.69, 9.17) is 9.47 Å². The molecule has 1 unspecified atom stereocenters. The maximum absolute atomic E-state index is 12.7. The van der Waals surface area contributed by atoms with Crippen LogP contribution in [0, 0.1) is 5.92 Å². The van der Waals surface area contributed by atoms with Crippen LogP contribution in [0.25, 0.3) is 10.2 Å². The third kappa shape index (κ3) is 5.38. The van der Waals surface area contributed by atoms with Crippen molar-refractivity contribution in [2.75, 3.05) is 20.2 Å². The largest absolute Gasteiger partial charge is 0.497 e. The van der Waals surface area contributed by atoms with Gasteiger partial charge in [-0.15, -0.1) is 11.3 Å². The smallest absolute Gasteiger partial charge is 0.410 e. The number of hydrogen-bond donors (Lipinski definition) is 1. The van der Waals surface area contributed by atoms with Gasteiger partial charge in [-0.05, 0) is 58.7 Å². The van der Waals surface area contributed by atoms with Gasteiger partial charge in [0.05, 0.1) is 23.4 Å². The van der Waals surface area contributed by atoms with Crippen molar-refractivity contribution < 1.29 is 19.1 Å². The molecule has 2 aromatic rings. The molecule has 158 valence electrons. The number of nitrogens with zero attached hydrogens (tertiary/aromatic N) is 2. The second-order valence-corrected chi connectivity index (χ2v) is 9.42. The zero-order valence-electron chi connectivity index (χ0n) is 17.7. The fourth-order valence-electron chi connectivity index (χ4n) is 3.28. The summed E-state index contributed by atoms with van der Waals surface area (Å²) in [5, 5.41) is 3.95. The lowest BCUT2D eigenvalue weighted by atomic mass is 9.96. The summed E-state index contributed by atoms with van der Waals surface area (Å²) in [6, 6.07) is 5.59. The molecule has 1 aromatic heterocycles. The van der Waals surface area contributed by atoms with E-state index in [1.807, 2.05) is 45.9 Å². The SMILES string of the molecule is COc1ccc2nc(C(C)NC(=O)C3CCN(C(=O)OC(C)(C)C)CC3)sc2c1. The zero-order chi connectivity index (χ0) is 21.2. The van der Waals surface area contributed by atoms with Gasteiger partial charge in [0.25, 0.3) is 0 Å². The van der Waals surface area contributed by atoms with E-state index in [2.05, 4.69) is 10.3 Å². The zero-order valence-corrected chi connectivity index (χ0v) is 18.5. The normalized spacial score (nSPS) is 16.5. The molecule has 0 aliphatic carbocycles. The molecule has 29 heavy (non-hydrogen) atoms. The van der Waals surface area contributed by atoms with Crippen molar-refractivity contribution in [1.82, 2.24) is 15.2 Å². The van der Waals surface area contributed by atoms with Gasteiger partial charge in [-0.2, -0.15) is 0 Å². The molecule has 2 amide bonds. The predicted octanol–water partition coefficient (Wildman–Crippen LogP) is 4.13. The fraction of sp³-hybridized carbons (Fsp3) is 0.571. The highest BCUT2D eigenvalue weighted by atomic mass is 32.1. The molecule has 1 aliphatic heterocycles. The number of amides is 2. The molecule has 0 radical (unpaired) electrons. The third-order valence-electron chi connectivity index (χ3n) is 4.86. The monoisotopic (exact) mass is 419 g/mol. The van der Waals surface area contributed by atoms with Crippen LogP contribution in [-0.2, 0) is 9.53 Å². The number of likely N-dealkylation sites (tertiary alicyclic amines) is 1. The van der Waals surface area contributed by atoms with Gasteiger partial charge in [0.2, 0.25) is 5.91 Å². The number of fused-ring (bicyclic) bond motifs is 1. The van der Waals surface area contributed by atoms with Crippen LogP contribution in [0.1, 0.15) is 51.6 Å². The number of nitrogens with one attached hydrogen (secondary N) is 1. The highest BCUT2D eigenvalue weighted by Crippen LogP contribution is 2.30. The minimum atomic E-state index is -0.512. The highest BCUT2D eigenvalue weighted by Gasteiger charge is 2.30. The molecule has 1 saturated heterocycles. The van der Waals surface area contributed by atoms with E-state index in [0.717, 1.165) is 21.0 Å². The summed E-state index contributed by atoms with van der Waals surface area (Å²) in [4.78, 5) is 31.2. The van der Waals surface area contributed by atoms with Crippen LogP contribution in [-0.4, -0.2) is 47.7 Å². The van der Waals surface area contributed by atoms with Crippen molar-refractivity contribution in [3.63, 3.8) is 0 Å². The number of aromatic nitrogens is 1. The Morgan fingerprint density at radius 1 is 1.28 bits per heavy atom. The lowest BCUT2D eigenvalue weighted by Gasteiger charge is -2.33. The first kappa shape index (κ1) is 21.4. The van der Waals surface area contributed by atoms with Crippen LogP contribution in [0.15, 0.2) is 18.2 Å². The Hall–Kier alpha value is -2.35. The maximum atomic E-state index is 12.7. The van der Waals surface area contributed by atoms with Crippen molar-refractivity contribution in [1.29, 1.82) is 0 Å². The van der Waals surface area contributed by atoms with Crippen molar-refractivity contribution >= 4 is 33.6 Å². The van der Waals surface area contributed by atoms with Gasteiger partial charge in [-0.25, -0.2) is 9.78 Å². The summed E-state index contributed by atoms with van der Waals surface area (Å²) in [6.07, 6.45) is 0.957. The Morgan fingerprint density at radius 3 is 2.59 bits per heavy atom. The first-order valence-electron chi connectivity index (χ1n) is 9.89. The Kier molecular flexibility index (Phi) is 6.31. The molecule has 1 aromatic carbocycles. The van der Waals surface area contributed by atoms with Crippen LogP contribution in [0.4, 0.5) is 4.79 Å². The van der Waals surface area contributed by atoms with Gasteiger partial charge in [0.1, 0.15) is 16.4 Å². The van der Waals surface area contributed by atoms with E-state index >= 15 is 0 Å². The standard InChI is InChI=1S/C21H29N3O4S/c1-13(19-23-16-7-6-15(27-5)12-17(16)29-19)22-18(25)14-8-10-24(11-9-14)20(26)28-21(2,3)4/h6-7,12-14H,8-11H2,1-5H3,(H,22,25). The topological polar surface area (TPSA) is 80.8 Å². The van der Waals surface area contributed by atoms with Crippen molar-refractivity contribution in [3.8, 4) is 5.75 Å². The van der Waals surface area contributed by atoms with E-state index in [-0.39, 0.29) is 24.0 Å². The number of carbonyl (C=O) groups excluding carboxylic acids is 2. The van der Waals surface area contributed by atoms with E-state index in [1.165, 1.54) is 0 Å². The van der Waals surface area contributed by atoms with Gasteiger partial charge in [-0.3, -0.25) is 4.79 Å². The van der Waals surface area contributed by atoms with Gasteiger partial charge < -0.3 is 19.7 Å². The van der Waals surface area contributed by atoms with Gasteiger partial charge >= 0.3 is 6.09 Å². The maximum Gasteiger partial charge on any atom is 0.410 e. The van der Waals surface area contributed by atoms with E-state index in [0.29, 0.717) is 25.9 Å². The summed E-state index contributed by atoms with van der Waals surface area (Å²) >= 11 is 1.56. The number of hydrogen-bond acceptors (Lipinski definition) is 6. The molecule has 2 heterocycles. The summed E-state index contributed by atoms with van der Waals surface area (Å²) in [6.45, 7) is 8.56. The average molecular weight is 420 g/mol. The number of rotatable bonds is 4. The molecule has 0 saturated carbocycles. The van der Waals surface area contributed by atoms with Gasteiger partial charge in [0, 0.05) is 19.0 Å². The molecule has 1 atom stereocenters. The molecule has 1 aliphatic rings. The molecule has 3 rings (SSSR count). The van der Waals surface area contributed by atoms with Crippen LogP contribution in [0.2, 0.25) is 0 Å². The molecule has 8 heteroatoms. The first-order chi connectivity index (χ1) is 13.7. The van der Waals surface area contributed by atoms with Crippen LogP contribution >= 0.6 is 11.3 Å². The Morgan fingerprint density at radius 2 is 1.97 bits per heavy atom. The van der Waals surface area contributed by atoms with Crippen LogP contribution in [0.3, 0.4) is 0 Å². The molecular formula is C21H29N3O4S. The van der Waals surface area contributed by atoms with Crippen molar-refractivity contribution in [2.45, 2.75) is 52.2 Å². The molecule has 7 nitrogen and oxygen atoms in total. The van der Waals surface area contributed by atoms with Crippen LogP contribution in [0.5, 0.6) is 5.75 Å². The summed E-state index contributed by atoms with van der Waals surface area (Å²) in [5.74, 6) is 0.699. The number of ether oxygens (including phenoxy) is 2. The second-order valence-electron chi connectivity index (χ2n) is 8.36. The summed E-state index contributed by atoms with van der Waals surface area (Å²) in [7, 11) is 1.64. The van der Waals surface area contributed by atoms with Crippen LogP contribution < -0.4 is 10.1 Å². The Balaban J connectivity index is 1.55. The number of piperidine rings is 1. The quantitative estimate of drug-likeness (QED) is 0.806. The number of carbonyl (C=O) groups is 2. The van der Waals surface area contributed by atoms with Crippen molar-refractivity contribution in [3.05, 3.63) is 23.2 Å². The number of methoxy groups -OCH3 is 1. The summed E-state index contributed by atoms with van der Waals surface area (Å²) in [5.41, 5.74) is 0.389. The fourth-order valence-corrected chi connectivity index (χ4v) is 4.28. The first-order valence-corrected chi connectivity index (χ1v) is 10.7. The van der Waals surface area contributed by atoms with E-state index in [9.17, 15) is 9.59 Å². The minimum absolute atomic E-state index is 0.0122. The number of thiazole rings is 1. The molecule has 0 bridgehead atoms. The predicted molar refractivity (Wildman–Crippen MR) is 113 cm³/mol. The van der Waals surface area contributed by atoms with E-state index < -0.39 is 5.60 Å². The molecule has 1 fully saturated rings. The minimum Gasteiger partial charge on any atom is -0.497 e. The van der Waals surface area contributed by atoms with Crippen molar-refractivity contribution in [2.24, 2.45) is 5.92 Å². The lowest BCUT2D eigenvalue weighted by Crippen LogP contribution is -2.45. The average Bonchev–Trinajstić information content (AvgIpc) is 3.10. The third-order valence-corrected chi connectivity index (χ3v) is 6.06. The number of benzene rings is 1. The second kappa shape index (κ2) is 8.57. The lowest BCUT2D eigenvalue weighted by molar-refractivity contribution is -0.127. The Labute approximate surface area is 175 Å². The van der Waals surface area contributed by atoms with Gasteiger partial charge in [0.15, 0.2) is 0 Å². The molecular weight excluding hydrogens is 390 g/mol. The highest BCUT2D eigenvalue weighted by molar-refractivity contribution is 7.18. The van der Waals surface area contributed by atoms with E-state index in [1.54, 1.807) is 23.3 Å². The molecule has 0 spiro atoms. The molecule has 1 N–H and O–H groups in total. The van der Waals surface area contributed by atoms with Gasteiger partial charge in [-0.1, -0.05) is 0 Å². The Bertz CT molecular complexity index is 882.